The zero-order valence-electron chi connectivity index (χ0n) is 38.0. The average Bonchev–Trinajstić information content (AvgIpc) is 3.19. The van der Waals surface area contributed by atoms with Gasteiger partial charge in [0.25, 0.3) is 0 Å². The molecule has 55 heavy (non-hydrogen) atoms. The summed E-state index contributed by atoms with van der Waals surface area (Å²) >= 11 is 0. The Hall–Kier alpha value is -0.610. The Kier molecular flexibility index (Phi) is 47.2. The van der Waals surface area contributed by atoms with Crippen LogP contribution in [-0.2, 0) is 4.79 Å². The van der Waals surface area contributed by atoms with E-state index in [1.807, 2.05) is 0 Å². The third kappa shape index (κ3) is 44.3. The van der Waals surface area contributed by atoms with Crippen molar-refractivity contribution in [2.45, 2.75) is 315 Å². The first-order valence-electron chi connectivity index (χ1n) is 25.7. The molecule has 0 heterocycles. The first kappa shape index (κ1) is 54.4. The topological polar surface area (TPSA) is 69.6 Å². The van der Waals surface area contributed by atoms with Gasteiger partial charge in [-0.1, -0.05) is 284 Å². The van der Waals surface area contributed by atoms with Crippen LogP contribution in [0.3, 0.4) is 0 Å². The van der Waals surface area contributed by atoms with Crippen LogP contribution in [-0.4, -0.2) is 34.9 Å². The molecule has 3 N–H and O–H groups in total. The molecule has 0 aliphatic heterocycles. The van der Waals surface area contributed by atoms with Crippen LogP contribution in [0.5, 0.6) is 0 Å². The van der Waals surface area contributed by atoms with Gasteiger partial charge in [-0.2, -0.15) is 0 Å². The molecule has 4 nitrogen and oxygen atoms in total. The fourth-order valence-corrected chi connectivity index (χ4v) is 8.42. The Labute approximate surface area is 346 Å². The zero-order chi connectivity index (χ0) is 40.0. The van der Waals surface area contributed by atoms with Crippen LogP contribution in [0.2, 0.25) is 0 Å². The van der Waals surface area contributed by atoms with E-state index in [4.69, 9.17) is 0 Å². The molecule has 2 unspecified atom stereocenters. The molecule has 0 aromatic rings. The summed E-state index contributed by atoms with van der Waals surface area (Å²) in [5, 5.41) is 23.3. The normalized spacial score (nSPS) is 12.7. The van der Waals surface area contributed by atoms with Crippen molar-refractivity contribution in [1.82, 2.24) is 5.32 Å². The van der Waals surface area contributed by atoms with E-state index in [2.05, 4.69) is 19.2 Å². The quantitative estimate of drug-likeness (QED) is 0.0539. The molecule has 330 valence electrons. The second-order valence-electron chi connectivity index (χ2n) is 18.0. The number of aliphatic hydroxyl groups is 2. The molecule has 0 saturated carbocycles. The average molecular weight is 778 g/mol. The third-order valence-corrected chi connectivity index (χ3v) is 12.4. The van der Waals surface area contributed by atoms with Crippen molar-refractivity contribution in [3.8, 4) is 0 Å². The van der Waals surface area contributed by atoms with Crippen LogP contribution in [0.4, 0.5) is 0 Å². The van der Waals surface area contributed by atoms with Gasteiger partial charge in [-0.05, 0) is 12.8 Å². The monoisotopic (exact) mass is 778 g/mol. The van der Waals surface area contributed by atoms with E-state index in [1.165, 1.54) is 250 Å². The lowest BCUT2D eigenvalue weighted by atomic mass is 10.0. The minimum absolute atomic E-state index is 0.0233. The molecule has 2 atom stereocenters. The van der Waals surface area contributed by atoms with E-state index in [0.29, 0.717) is 12.8 Å². The standard InChI is InChI=1S/C51H103NO3/c1-3-5-7-9-11-13-15-17-19-21-22-23-24-25-26-27-28-29-31-33-35-37-39-41-43-45-47-51(55)52-49(48-53)50(54)46-44-42-40-38-36-34-32-30-20-18-16-14-12-10-8-6-4-2/h49-50,53-54H,3-48H2,1-2H3,(H,52,55). The second-order valence-corrected chi connectivity index (χ2v) is 18.0. The first-order chi connectivity index (χ1) is 27.2. The Morgan fingerprint density at radius 1 is 0.364 bits per heavy atom. The summed E-state index contributed by atoms with van der Waals surface area (Å²) in [6, 6.07) is -0.530. The minimum atomic E-state index is -0.654. The van der Waals surface area contributed by atoms with Gasteiger partial charge >= 0.3 is 0 Å². The highest BCUT2D eigenvalue weighted by atomic mass is 16.3. The highest BCUT2D eigenvalue weighted by molar-refractivity contribution is 5.76. The maximum Gasteiger partial charge on any atom is 0.220 e. The number of carbonyl (C=O) groups excluding carboxylic acids is 1. The highest BCUT2D eigenvalue weighted by Gasteiger charge is 2.20. The molecule has 0 spiro atoms. The van der Waals surface area contributed by atoms with Crippen molar-refractivity contribution in [3.05, 3.63) is 0 Å². The number of rotatable bonds is 48. The summed E-state index contributed by atoms with van der Waals surface area (Å²) in [7, 11) is 0. The Bertz CT molecular complexity index is 714. The lowest BCUT2D eigenvalue weighted by Gasteiger charge is -2.22. The summed E-state index contributed by atoms with van der Waals surface area (Å²) in [5.74, 6) is -0.0233. The molecule has 0 rings (SSSR count). The number of amides is 1. The van der Waals surface area contributed by atoms with Crippen molar-refractivity contribution < 1.29 is 15.0 Å². The zero-order valence-corrected chi connectivity index (χ0v) is 38.0. The Morgan fingerprint density at radius 2 is 0.582 bits per heavy atom. The van der Waals surface area contributed by atoms with Crippen LogP contribution in [0.15, 0.2) is 0 Å². The van der Waals surface area contributed by atoms with Gasteiger partial charge in [0.05, 0.1) is 18.8 Å². The summed E-state index contributed by atoms with van der Waals surface area (Å²) in [4.78, 5) is 12.5. The molecule has 0 radical (unpaired) electrons. The van der Waals surface area contributed by atoms with Gasteiger partial charge in [-0.15, -0.1) is 0 Å². The lowest BCUT2D eigenvalue weighted by Crippen LogP contribution is -2.45. The van der Waals surface area contributed by atoms with E-state index in [9.17, 15) is 15.0 Å². The molecule has 0 aromatic heterocycles. The third-order valence-electron chi connectivity index (χ3n) is 12.4. The highest BCUT2D eigenvalue weighted by Crippen LogP contribution is 2.18. The molecule has 0 aliphatic rings. The molecular weight excluding hydrogens is 675 g/mol. The van der Waals surface area contributed by atoms with E-state index < -0.39 is 12.1 Å². The van der Waals surface area contributed by atoms with Crippen LogP contribution < -0.4 is 5.32 Å². The van der Waals surface area contributed by atoms with E-state index in [0.717, 1.165) is 25.7 Å². The van der Waals surface area contributed by atoms with Gasteiger partial charge < -0.3 is 15.5 Å². The van der Waals surface area contributed by atoms with Crippen LogP contribution in [0, 0.1) is 0 Å². The van der Waals surface area contributed by atoms with E-state index in [1.54, 1.807) is 0 Å². The molecule has 0 aliphatic carbocycles. The second kappa shape index (κ2) is 47.8. The van der Waals surface area contributed by atoms with Crippen LogP contribution in [0.1, 0.15) is 303 Å². The van der Waals surface area contributed by atoms with Gasteiger partial charge in [0.2, 0.25) is 5.91 Å². The van der Waals surface area contributed by atoms with Crippen molar-refractivity contribution in [1.29, 1.82) is 0 Å². The van der Waals surface area contributed by atoms with Gasteiger partial charge in [0.1, 0.15) is 0 Å². The maximum atomic E-state index is 12.5. The summed E-state index contributed by atoms with van der Waals surface area (Å²) in [6.07, 6.45) is 59.3. The van der Waals surface area contributed by atoms with E-state index in [-0.39, 0.29) is 12.5 Å². The minimum Gasteiger partial charge on any atom is -0.394 e. The lowest BCUT2D eigenvalue weighted by molar-refractivity contribution is -0.123. The molecule has 4 heteroatoms. The van der Waals surface area contributed by atoms with E-state index >= 15 is 0 Å². The van der Waals surface area contributed by atoms with Crippen molar-refractivity contribution in [2.24, 2.45) is 0 Å². The predicted molar refractivity (Wildman–Crippen MR) is 244 cm³/mol. The fourth-order valence-electron chi connectivity index (χ4n) is 8.42. The van der Waals surface area contributed by atoms with Crippen molar-refractivity contribution in [2.75, 3.05) is 6.61 Å². The number of hydrogen-bond donors (Lipinski definition) is 3. The number of carbonyl (C=O) groups is 1. The smallest absolute Gasteiger partial charge is 0.220 e. The van der Waals surface area contributed by atoms with Gasteiger partial charge in [0.15, 0.2) is 0 Å². The Morgan fingerprint density at radius 3 is 0.818 bits per heavy atom. The molecule has 0 fully saturated rings. The first-order valence-corrected chi connectivity index (χ1v) is 25.7. The van der Waals surface area contributed by atoms with Crippen LogP contribution >= 0.6 is 0 Å². The molecule has 1 amide bonds. The molecule has 0 bridgehead atoms. The summed E-state index contributed by atoms with van der Waals surface area (Å²) in [6.45, 7) is 4.40. The van der Waals surface area contributed by atoms with Gasteiger partial charge in [-0.25, -0.2) is 0 Å². The molecular formula is C51H103NO3. The number of hydrogen-bond acceptors (Lipinski definition) is 3. The maximum absolute atomic E-state index is 12.5. The van der Waals surface area contributed by atoms with Gasteiger partial charge in [0, 0.05) is 6.42 Å². The van der Waals surface area contributed by atoms with Crippen molar-refractivity contribution in [3.63, 3.8) is 0 Å². The van der Waals surface area contributed by atoms with Gasteiger partial charge in [-0.3, -0.25) is 4.79 Å². The van der Waals surface area contributed by atoms with Crippen molar-refractivity contribution >= 4 is 5.91 Å². The summed E-state index contributed by atoms with van der Waals surface area (Å²) < 4.78 is 0. The largest absolute Gasteiger partial charge is 0.394 e. The molecule has 0 aromatic carbocycles. The predicted octanol–water partition coefficient (Wildman–Crippen LogP) is 16.4. The Balaban J connectivity index is 3.41. The SMILES string of the molecule is CCCCCCCCCCCCCCCCCCCCCCCCCCCCC(=O)NC(CO)C(O)CCCCCCCCCCCCCCCCCCC. The number of nitrogens with one attached hydrogen (secondary N) is 1. The number of unbranched alkanes of at least 4 members (excludes halogenated alkanes) is 41. The van der Waals surface area contributed by atoms with Crippen LogP contribution in [0.25, 0.3) is 0 Å². The molecule has 0 saturated heterocycles. The summed E-state index contributed by atoms with van der Waals surface area (Å²) in [5.41, 5.74) is 0. The fraction of sp³-hybridized carbons (Fsp3) is 0.980. The number of aliphatic hydroxyl groups excluding tert-OH is 2.